The van der Waals surface area contributed by atoms with Crippen molar-refractivity contribution in [2.24, 2.45) is 0 Å². The highest BCUT2D eigenvalue weighted by molar-refractivity contribution is 9.10. The zero-order chi connectivity index (χ0) is 14.5. The van der Waals surface area contributed by atoms with E-state index in [4.69, 9.17) is 21.1 Å². The zero-order valence-electron chi connectivity index (χ0n) is 10.7. The molecule has 19 heavy (non-hydrogen) atoms. The fourth-order valence-corrected chi connectivity index (χ4v) is 3.48. The molecule has 1 aromatic rings. The molecule has 7 heteroatoms. The molecule has 0 aliphatic carbocycles. The van der Waals surface area contributed by atoms with Crippen molar-refractivity contribution < 1.29 is 17.9 Å². The Morgan fingerprint density at radius 3 is 2.58 bits per heavy atom. The molecule has 1 atom stereocenters. The number of hydrogen-bond acceptors (Lipinski definition) is 4. The van der Waals surface area contributed by atoms with E-state index < -0.39 is 15.2 Å². The van der Waals surface area contributed by atoms with Crippen LogP contribution in [0.3, 0.4) is 0 Å². The number of benzene rings is 1. The third kappa shape index (κ3) is 6.12. The van der Waals surface area contributed by atoms with Gasteiger partial charge in [0.15, 0.2) is 0 Å². The minimum absolute atomic E-state index is 0.0924. The molecule has 0 saturated heterocycles. The maximum Gasteiger partial charge on any atom is 0.149 e. The maximum absolute atomic E-state index is 11.2. The molecule has 0 radical (unpaired) electrons. The van der Waals surface area contributed by atoms with Crippen molar-refractivity contribution in [1.82, 2.24) is 0 Å². The van der Waals surface area contributed by atoms with Crippen LogP contribution in [-0.2, 0) is 14.6 Å². The van der Waals surface area contributed by atoms with Gasteiger partial charge in [-0.05, 0) is 33.6 Å². The molecule has 1 rings (SSSR count). The highest BCUT2D eigenvalue weighted by Gasteiger charge is 2.16. The van der Waals surface area contributed by atoms with Gasteiger partial charge in [-0.15, -0.1) is 11.6 Å². The van der Waals surface area contributed by atoms with Crippen molar-refractivity contribution in [2.75, 3.05) is 32.3 Å². The lowest BCUT2D eigenvalue weighted by Gasteiger charge is -2.12. The highest BCUT2D eigenvalue weighted by atomic mass is 79.9. The molecule has 0 bridgehead atoms. The van der Waals surface area contributed by atoms with Crippen LogP contribution >= 0.6 is 27.5 Å². The van der Waals surface area contributed by atoms with Crippen LogP contribution in [0.4, 0.5) is 0 Å². The molecule has 0 heterocycles. The summed E-state index contributed by atoms with van der Waals surface area (Å²) in [5.74, 6) is 0.578. The lowest BCUT2D eigenvalue weighted by atomic mass is 10.1. The van der Waals surface area contributed by atoms with E-state index in [0.717, 1.165) is 10.0 Å². The first-order valence-corrected chi connectivity index (χ1v) is 8.85. The Morgan fingerprint density at radius 2 is 2.05 bits per heavy atom. The quantitative estimate of drug-likeness (QED) is 0.546. The van der Waals surface area contributed by atoms with Gasteiger partial charge in [0, 0.05) is 13.4 Å². The molecule has 0 spiro atoms. The normalized spacial score (nSPS) is 13.3. The minimum Gasteiger partial charge on any atom is -0.490 e. The monoisotopic (exact) mass is 370 g/mol. The van der Waals surface area contributed by atoms with Gasteiger partial charge in [0.2, 0.25) is 0 Å². The molecule has 0 aliphatic rings. The summed E-state index contributed by atoms with van der Waals surface area (Å²) in [5, 5.41) is -0.570. The van der Waals surface area contributed by atoms with Crippen LogP contribution < -0.4 is 4.74 Å². The average Bonchev–Trinajstić information content (AvgIpc) is 2.29. The van der Waals surface area contributed by atoms with Crippen LogP contribution in [0, 0.1) is 0 Å². The second-order valence-electron chi connectivity index (χ2n) is 4.09. The first kappa shape index (κ1) is 16.8. The van der Waals surface area contributed by atoms with E-state index in [1.165, 1.54) is 6.26 Å². The topological polar surface area (TPSA) is 52.6 Å². The Hall–Kier alpha value is -0.300. The largest absolute Gasteiger partial charge is 0.490 e. The molecule has 108 valence electrons. The van der Waals surface area contributed by atoms with E-state index in [1.54, 1.807) is 25.3 Å². The van der Waals surface area contributed by atoms with Gasteiger partial charge in [0.1, 0.15) is 22.2 Å². The van der Waals surface area contributed by atoms with E-state index in [2.05, 4.69) is 15.9 Å². The Labute approximate surface area is 127 Å². The second-order valence-corrected chi connectivity index (χ2v) is 7.66. The molecule has 0 fully saturated rings. The summed E-state index contributed by atoms with van der Waals surface area (Å²) < 4.78 is 33.5. The van der Waals surface area contributed by atoms with Crippen molar-refractivity contribution in [2.45, 2.75) is 5.38 Å². The first-order valence-electron chi connectivity index (χ1n) is 5.56. The van der Waals surface area contributed by atoms with E-state index in [-0.39, 0.29) is 5.75 Å². The van der Waals surface area contributed by atoms with Crippen LogP contribution in [0.15, 0.2) is 22.7 Å². The smallest absolute Gasteiger partial charge is 0.149 e. The summed E-state index contributed by atoms with van der Waals surface area (Å²) in [4.78, 5) is 0. The van der Waals surface area contributed by atoms with Gasteiger partial charge in [-0.1, -0.05) is 6.07 Å². The average molecular weight is 372 g/mol. The summed E-state index contributed by atoms with van der Waals surface area (Å²) in [7, 11) is -1.51. The van der Waals surface area contributed by atoms with Crippen molar-refractivity contribution in [1.29, 1.82) is 0 Å². The van der Waals surface area contributed by atoms with Crippen LogP contribution in [0.5, 0.6) is 5.75 Å². The molecule has 1 unspecified atom stereocenters. The molecule has 1 aromatic carbocycles. The van der Waals surface area contributed by atoms with Crippen molar-refractivity contribution in [3.05, 3.63) is 28.2 Å². The number of ether oxygens (including phenoxy) is 2. The molecule has 0 aromatic heterocycles. The number of rotatable bonds is 7. The Kier molecular flexibility index (Phi) is 6.59. The lowest BCUT2D eigenvalue weighted by Crippen LogP contribution is -2.09. The van der Waals surface area contributed by atoms with Crippen molar-refractivity contribution in [3.63, 3.8) is 0 Å². The van der Waals surface area contributed by atoms with Gasteiger partial charge in [-0.25, -0.2) is 8.42 Å². The summed E-state index contributed by atoms with van der Waals surface area (Å²) in [5.41, 5.74) is 0.734. The molecule has 0 aliphatic heterocycles. The summed E-state index contributed by atoms with van der Waals surface area (Å²) in [6, 6.07) is 5.29. The van der Waals surface area contributed by atoms with E-state index >= 15 is 0 Å². The molecule has 0 saturated carbocycles. The van der Waals surface area contributed by atoms with Gasteiger partial charge in [0.05, 0.1) is 22.2 Å². The summed E-state index contributed by atoms with van der Waals surface area (Å²) >= 11 is 9.45. The number of hydrogen-bond donors (Lipinski definition) is 0. The number of methoxy groups -OCH3 is 1. The fourth-order valence-electron chi connectivity index (χ4n) is 1.43. The Morgan fingerprint density at radius 1 is 1.37 bits per heavy atom. The van der Waals surface area contributed by atoms with E-state index in [1.807, 2.05) is 0 Å². The predicted octanol–water partition coefficient (Wildman–Crippen LogP) is 2.80. The zero-order valence-corrected chi connectivity index (χ0v) is 13.9. The molecule has 0 amide bonds. The standard InChI is InChI=1S/C12H16BrClO4S/c1-17-5-6-18-12-4-3-9(7-10(12)13)11(14)8-19(2,15)16/h3-4,7,11H,5-6,8H2,1-2H3. The Bertz CT molecular complexity index is 518. The number of alkyl halides is 1. The van der Waals surface area contributed by atoms with Crippen LogP contribution in [0.1, 0.15) is 10.9 Å². The summed E-state index contributed by atoms with van der Waals surface area (Å²) in [6.45, 7) is 0.947. The molecular formula is C12H16BrClO4S. The van der Waals surface area contributed by atoms with E-state index in [9.17, 15) is 8.42 Å². The third-order valence-corrected chi connectivity index (χ3v) is 4.46. The summed E-state index contributed by atoms with van der Waals surface area (Å²) in [6.07, 6.45) is 1.17. The SMILES string of the molecule is COCCOc1ccc(C(Cl)CS(C)(=O)=O)cc1Br. The van der Waals surface area contributed by atoms with Gasteiger partial charge >= 0.3 is 0 Å². The van der Waals surface area contributed by atoms with Crippen LogP contribution in [0.25, 0.3) is 0 Å². The van der Waals surface area contributed by atoms with E-state index in [0.29, 0.717) is 19.0 Å². The van der Waals surface area contributed by atoms with Crippen molar-refractivity contribution in [3.8, 4) is 5.75 Å². The lowest BCUT2D eigenvalue weighted by molar-refractivity contribution is 0.146. The van der Waals surface area contributed by atoms with Gasteiger partial charge in [-0.2, -0.15) is 0 Å². The number of halogens is 2. The predicted molar refractivity (Wildman–Crippen MR) is 79.8 cm³/mol. The molecule has 4 nitrogen and oxygen atoms in total. The first-order chi connectivity index (χ1) is 8.83. The van der Waals surface area contributed by atoms with Gasteiger partial charge in [-0.3, -0.25) is 0 Å². The van der Waals surface area contributed by atoms with Gasteiger partial charge in [0.25, 0.3) is 0 Å². The van der Waals surface area contributed by atoms with Crippen molar-refractivity contribution >= 4 is 37.4 Å². The highest BCUT2D eigenvalue weighted by Crippen LogP contribution is 2.31. The molecule has 0 N–H and O–H groups in total. The fraction of sp³-hybridized carbons (Fsp3) is 0.500. The number of sulfone groups is 1. The molecular weight excluding hydrogens is 356 g/mol. The maximum atomic E-state index is 11.2. The Balaban J connectivity index is 2.75. The van der Waals surface area contributed by atoms with Crippen LogP contribution in [-0.4, -0.2) is 40.7 Å². The second kappa shape index (κ2) is 7.47. The third-order valence-electron chi connectivity index (χ3n) is 2.31. The van der Waals surface area contributed by atoms with Crippen LogP contribution in [0.2, 0.25) is 0 Å². The van der Waals surface area contributed by atoms with Gasteiger partial charge < -0.3 is 9.47 Å². The minimum atomic E-state index is -3.11.